The topological polar surface area (TPSA) is 0 Å². The first-order valence-corrected chi connectivity index (χ1v) is 20.2. The maximum absolute atomic E-state index is 2.46. The van der Waals surface area contributed by atoms with Crippen LogP contribution in [0.5, 0.6) is 0 Å². The molecular formula is C58H34. The Kier molecular flexibility index (Phi) is 6.54. The average molecular weight is 731 g/mol. The third-order valence-electron chi connectivity index (χ3n) is 12.9. The zero-order valence-corrected chi connectivity index (χ0v) is 31.6. The van der Waals surface area contributed by atoms with E-state index in [0.29, 0.717) is 0 Å². The average Bonchev–Trinajstić information content (AvgIpc) is 3.29. The second-order valence-corrected chi connectivity index (χ2v) is 16.0. The van der Waals surface area contributed by atoms with E-state index in [0.717, 1.165) is 0 Å². The van der Waals surface area contributed by atoms with Crippen molar-refractivity contribution in [2.24, 2.45) is 0 Å². The van der Waals surface area contributed by atoms with Crippen molar-refractivity contribution in [3.63, 3.8) is 0 Å². The molecule has 13 aromatic carbocycles. The van der Waals surface area contributed by atoms with Crippen molar-refractivity contribution in [2.75, 3.05) is 0 Å². The molecule has 0 spiro atoms. The quantitative estimate of drug-likeness (QED) is 0.158. The van der Waals surface area contributed by atoms with Gasteiger partial charge < -0.3 is 0 Å². The Morgan fingerprint density at radius 1 is 0.172 bits per heavy atom. The highest BCUT2D eigenvalue weighted by Gasteiger charge is 2.19. The van der Waals surface area contributed by atoms with Crippen LogP contribution in [0.15, 0.2) is 206 Å². The number of rotatable bonds is 4. The highest BCUT2D eigenvalue weighted by molar-refractivity contribution is 6.27. The maximum Gasteiger partial charge on any atom is -0.00206 e. The van der Waals surface area contributed by atoms with Gasteiger partial charge in [-0.15, -0.1) is 0 Å². The molecule has 0 heteroatoms. The zero-order chi connectivity index (χ0) is 37.9. The monoisotopic (exact) mass is 730 g/mol. The van der Waals surface area contributed by atoms with Gasteiger partial charge in [0.15, 0.2) is 0 Å². The Morgan fingerprint density at radius 2 is 0.603 bits per heavy atom. The summed E-state index contributed by atoms with van der Waals surface area (Å²) in [5.74, 6) is 0. The normalized spacial score (nSPS) is 12.1. The van der Waals surface area contributed by atoms with Crippen LogP contribution in [0.1, 0.15) is 0 Å². The first kappa shape index (κ1) is 31.6. The Labute approximate surface area is 335 Å². The van der Waals surface area contributed by atoms with Gasteiger partial charge in [0.25, 0.3) is 0 Å². The third-order valence-corrected chi connectivity index (χ3v) is 12.9. The molecular weight excluding hydrogens is 697 g/mol. The van der Waals surface area contributed by atoms with Crippen LogP contribution < -0.4 is 0 Å². The van der Waals surface area contributed by atoms with Gasteiger partial charge in [-0.3, -0.25) is 0 Å². The SMILES string of the molecule is c1ccc2c(-c3ccc(-c4ccc5ccc6cccc7ccc4c5c67)c(-c4cccc5ccccc45)c3)cc(-c3ccc4ccc5cccc6ccc3c4c56)cc2c1. The van der Waals surface area contributed by atoms with Gasteiger partial charge in [0, 0.05) is 0 Å². The van der Waals surface area contributed by atoms with Gasteiger partial charge in [-0.1, -0.05) is 188 Å². The van der Waals surface area contributed by atoms with E-state index in [1.165, 1.54) is 131 Å². The largest absolute Gasteiger partial charge is 0.0616 e. The van der Waals surface area contributed by atoms with E-state index in [-0.39, 0.29) is 0 Å². The first-order chi connectivity index (χ1) is 28.7. The van der Waals surface area contributed by atoms with Crippen molar-refractivity contribution in [1.82, 2.24) is 0 Å². The predicted molar refractivity (Wildman–Crippen MR) is 251 cm³/mol. The third kappa shape index (κ3) is 4.52. The molecule has 0 atom stereocenters. The number of hydrogen-bond acceptors (Lipinski definition) is 0. The van der Waals surface area contributed by atoms with Crippen molar-refractivity contribution in [2.45, 2.75) is 0 Å². The van der Waals surface area contributed by atoms with E-state index in [4.69, 9.17) is 0 Å². The van der Waals surface area contributed by atoms with Crippen LogP contribution in [0.4, 0.5) is 0 Å². The van der Waals surface area contributed by atoms with Crippen LogP contribution in [0.2, 0.25) is 0 Å². The molecule has 0 aliphatic carbocycles. The molecule has 0 saturated heterocycles. The van der Waals surface area contributed by atoms with Gasteiger partial charge >= 0.3 is 0 Å². The van der Waals surface area contributed by atoms with Crippen molar-refractivity contribution >= 4 is 86.2 Å². The van der Waals surface area contributed by atoms with Gasteiger partial charge in [0.1, 0.15) is 0 Å². The molecule has 0 saturated carbocycles. The minimum Gasteiger partial charge on any atom is -0.0616 e. The summed E-state index contributed by atoms with van der Waals surface area (Å²) < 4.78 is 0. The molecule has 13 rings (SSSR count). The summed E-state index contributed by atoms with van der Waals surface area (Å²) in [4.78, 5) is 0. The molecule has 0 nitrogen and oxygen atoms in total. The second kappa shape index (κ2) is 12.0. The summed E-state index contributed by atoms with van der Waals surface area (Å²) in [6, 6.07) is 77.4. The number of benzene rings is 13. The summed E-state index contributed by atoms with van der Waals surface area (Å²) in [5.41, 5.74) is 9.92. The molecule has 0 aromatic heterocycles. The summed E-state index contributed by atoms with van der Waals surface area (Å²) in [7, 11) is 0. The van der Waals surface area contributed by atoms with Crippen LogP contribution >= 0.6 is 0 Å². The van der Waals surface area contributed by atoms with Gasteiger partial charge in [0.2, 0.25) is 0 Å². The molecule has 58 heavy (non-hydrogen) atoms. The van der Waals surface area contributed by atoms with Crippen molar-refractivity contribution in [3.8, 4) is 44.5 Å². The van der Waals surface area contributed by atoms with E-state index in [1.807, 2.05) is 0 Å². The van der Waals surface area contributed by atoms with Gasteiger partial charge in [-0.05, 0) is 149 Å². The lowest BCUT2D eigenvalue weighted by molar-refractivity contribution is 1.60. The number of hydrogen-bond donors (Lipinski definition) is 0. The molecule has 0 N–H and O–H groups in total. The summed E-state index contributed by atoms with van der Waals surface area (Å²) >= 11 is 0. The fourth-order valence-electron chi connectivity index (χ4n) is 10.3. The van der Waals surface area contributed by atoms with Crippen molar-refractivity contribution in [3.05, 3.63) is 206 Å². The lowest BCUT2D eigenvalue weighted by Gasteiger charge is -2.19. The van der Waals surface area contributed by atoms with E-state index < -0.39 is 0 Å². The molecule has 0 aliphatic rings. The Bertz CT molecular complexity index is 3750. The minimum atomic E-state index is 1.21. The van der Waals surface area contributed by atoms with E-state index in [1.54, 1.807) is 0 Å². The Morgan fingerprint density at radius 3 is 1.28 bits per heavy atom. The fourth-order valence-corrected chi connectivity index (χ4v) is 10.3. The lowest BCUT2D eigenvalue weighted by atomic mass is 9.84. The van der Waals surface area contributed by atoms with E-state index in [2.05, 4.69) is 206 Å². The predicted octanol–water partition coefficient (Wildman–Crippen LogP) is 16.5. The first-order valence-electron chi connectivity index (χ1n) is 20.2. The molecule has 0 aliphatic heterocycles. The molecule has 0 heterocycles. The van der Waals surface area contributed by atoms with E-state index in [9.17, 15) is 0 Å². The molecule has 13 aromatic rings. The summed E-state index contributed by atoms with van der Waals surface area (Å²) in [6.45, 7) is 0. The van der Waals surface area contributed by atoms with E-state index >= 15 is 0 Å². The minimum absolute atomic E-state index is 1.21. The van der Waals surface area contributed by atoms with Crippen LogP contribution in [-0.2, 0) is 0 Å². The molecule has 266 valence electrons. The summed E-state index contributed by atoms with van der Waals surface area (Å²) in [6.07, 6.45) is 0. The summed E-state index contributed by atoms with van der Waals surface area (Å²) in [5, 5.41) is 20.7. The Balaban J connectivity index is 1.09. The maximum atomic E-state index is 2.46. The molecule has 0 fully saturated rings. The van der Waals surface area contributed by atoms with Crippen molar-refractivity contribution < 1.29 is 0 Å². The van der Waals surface area contributed by atoms with Crippen molar-refractivity contribution in [1.29, 1.82) is 0 Å². The molecule has 0 radical (unpaired) electrons. The lowest BCUT2D eigenvalue weighted by Crippen LogP contribution is -1.93. The smallest absolute Gasteiger partial charge is 0.00206 e. The Hall–Kier alpha value is -7.54. The molecule has 0 amide bonds. The highest BCUT2D eigenvalue weighted by atomic mass is 14.2. The van der Waals surface area contributed by atoms with Crippen LogP contribution in [0.25, 0.3) is 131 Å². The van der Waals surface area contributed by atoms with Crippen LogP contribution in [0, 0.1) is 0 Å². The second-order valence-electron chi connectivity index (χ2n) is 16.0. The van der Waals surface area contributed by atoms with Gasteiger partial charge in [-0.2, -0.15) is 0 Å². The zero-order valence-electron chi connectivity index (χ0n) is 31.6. The van der Waals surface area contributed by atoms with Crippen LogP contribution in [0.3, 0.4) is 0 Å². The number of fused-ring (bicyclic) bond motifs is 2. The van der Waals surface area contributed by atoms with Crippen LogP contribution in [-0.4, -0.2) is 0 Å². The molecule has 0 bridgehead atoms. The fraction of sp³-hybridized carbons (Fsp3) is 0. The highest BCUT2D eigenvalue weighted by Crippen LogP contribution is 2.46. The van der Waals surface area contributed by atoms with Gasteiger partial charge in [0.05, 0.1) is 0 Å². The molecule has 0 unspecified atom stereocenters. The standard InChI is InChI=1S/C58H34/c1-3-15-45-35(8-1)10-7-17-48(45)54-33-43(26-29-50(54)49-28-23-41-21-19-37-12-6-14-39-25-31-52(49)58(41)56(37)39)53-34-44(32-42-9-2-4-16-46(42)53)47-27-22-40-20-18-36-11-5-13-38-24-30-51(47)57(40)55(36)38/h1-34H. The van der Waals surface area contributed by atoms with Gasteiger partial charge in [-0.25, -0.2) is 0 Å².